The highest BCUT2D eigenvalue weighted by atomic mass is 35.5. The summed E-state index contributed by atoms with van der Waals surface area (Å²) in [6.45, 7) is 7.89. The van der Waals surface area contributed by atoms with Crippen LogP contribution in [0.5, 0.6) is 0 Å². The van der Waals surface area contributed by atoms with Gasteiger partial charge < -0.3 is 21.1 Å². The van der Waals surface area contributed by atoms with Crippen LogP contribution in [0.25, 0.3) is 0 Å². The second kappa shape index (κ2) is 10.2. The van der Waals surface area contributed by atoms with Crippen molar-refractivity contribution >= 4 is 40.7 Å². The van der Waals surface area contributed by atoms with Gasteiger partial charge in [0.2, 0.25) is 11.8 Å². The fourth-order valence-electron chi connectivity index (χ4n) is 6.81. The van der Waals surface area contributed by atoms with Gasteiger partial charge in [0, 0.05) is 23.7 Å². The molecule has 1 saturated carbocycles. The molecule has 2 amide bonds. The molecule has 2 heterocycles. The number of benzene rings is 2. The molecule has 3 aliphatic rings. The van der Waals surface area contributed by atoms with Crippen molar-refractivity contribution in [3.05, 3.63) is 63.1 Å². The van der Waals surface area contributed by atoms with E-state index in [0.717, 1.165) is 0 Å². The largest absolute Gasteiger partial charge is 0.390 e. The first-order chi connectivity index (χ1) is 18.6. The number of rotatable bonds is 4. The quantitative estimate of drug-likeness (QED) is 0.359. The lowest BCUT2D eigenvalue weighted by Gasteiger charge is -2.38. The van der Waals surface area contributed by atoms with Crippen LogP contribution in [-0.4, -0.2) is 40.6 Å². The Morgan fingerprint density at radius 1 is 1.10 bits per heavy atom. The fourth-order valence-corrected chi connectivity index (χ4v) is 7.17. The van der Waals surface area contributed by atoms with Crippen LogP contribution in [0.2, 0.25) is 10.0 Å². The summed E-state index contributed by atoms with van der Waals surface area (Å²) in [7, 11) is 0. The van der Waals surface area contributed by atoms with E-state index in [1.165, 1.54) is 30.3 Å². The molecule has 0 radical (unpaired) electrons. The third-order valence-corrected chi connectivity index (χ3v) is 9.27. The Balaban J connectivity index is 1.66. The number of halogens is 4. The molecule has 0 aromatic heterocycles. The molecule has 1 aliphatic carbocycles. The molecule has 5 rings (SSSR count). The third kappa shape index (κ3) is 5.13. The Bertz CT molecular complexity index is 1350. The summed E-state index contributed by atoms with van der Waals surface area (Å²) >= 11 is 12.3. The zero-order valence-corrected chi connectivity index (χ0v) is 24.5. The van der Waals surface area contributed by atoms with Crippen LogP contribution in [0.4, 0.5) is 14.5 Å². The lowest BCUT2D eigenvalue weighted by Crippen LogP contribution is -2.50. The number of aliphatic hydroxyl groups is 1. The molecule has 2 fully saturated rings. The Kier molecular flexibility index (Phi) is 7.48. The minimum atomic E-state index is -1.41. The molecule has 2 aliphatic heterocycles. The van der Waals surface area contributed by atoms with Crippen LogP contribution < -0.4 is 16.0 Å². The molecule has 216 valence electrons. The van der Waals surface area contributed by atoms with E-state index in [-0.39, 0.29) is 33.3 Å². The second-order valence-corrected chi connectivity index (χ2v) is 13.8. The second-order valence-electron chi connectivity index (χ2n) is 13.0. The number of amides is 2. The SMILES string of the molecule is CC(C)(C)C[C@H]1N[C@@H](C(=O)N[C@H]2CC[C@](C)(O)CC2)[C@H](c2ccc(F)c(Cl)c2)[C@@]12C(=O)Nc1cc(Cl)c(F)cc12. The lowest BCUT2D eigenvalue weighted by atomic mass is 9.62. The zero-order valence-electron chi connectivity index (χ0n) is 23.0. The molecular weight excluding hydrogens is 559 g/mol. The van der Waals surface area contributed by atoms with E-state index >= 15 is 4.39 Å². The number of carbonyl (C=O) groups excluding carboxylic acids is 2. The number of nitrogens with one attached hydrogen (secondary N) is 3. The molecule has 2 aromatic rings. The number of hydrogen-bond acceptors (Lipinski definition) is 4. The van der Waals surface area contributed by atoms with Crippen molar-refractivity contribution in [3.8, 4) is 0 Å². The molecule has 1 spiro atoms. The predicted molar refractivity (Wildman–Crippen MR) is 152 cm³/mol. The lowest BCUT2D eigenvalue weighted by molar-refractivity contribution is -0.125. The zero-order chi connectivity index (χ0) is 29.2. The van der Waals surface area contributed by atoms with Gasteiger partial charge in [0.05, 0.1) is 21.7 Å². The summed E-state index contributed by atoms with van der Waals surface area (Å²) in [5.74, 6) is -2.85. The number of fused-ring (bicyclic) bond motifs is 2. The molecule has 0 unspecified atom stereocenters. The maximum atomic E-state index is 15.0. The Hall–Kier alpha value is -2.26. The summed E-state index contributed by atoms with van der Waals surface area (Å²) in [5.41, 5.74) is -1.18. The van der Waals surface area contributed by atoms with Crippen molar-refractivity contribution in [1.29, 1.82) is 0 Å². The van der Waals surface area contributed by atoms with Gasteiger partial charge in [-0.2, -0.15) is 0 Å². The average molecular weight is 595 g/mol. The summed E-state index contributed by atoms with van der Waals surface area (Å²) in [6.07, 6.45) is 2.81. The van der Waals surface area contributed by atoms with Gasteiger partial charge in [-0.25, -0.2) is 8.78 Å². The molecule has 40 heavy (non-hydrogen) atoms. The van der Waals surface area contributed by atoms with E-state index in [9.17, 15) is 19.1 Å². The smallest absolute Gasteiger partial charge is 0.238 e. The highest BCUT2D eigenvalue weighted by Gasteiger charge is 2.66. The van der Waals surface area contributed by atoms with Crippen LogP contribution in [0, 0.1) is 17.0 Å². The van der Waals surface area contributed by atoms with E-state index in [0.29, 0.717) is 48.9 Å². The number of hydrogen-bond donors (Lipinski definition) is 4. The molecular formula is C30H35Cl2F2N3O3. The van der Waals surface area contributed by atoms with E-state index < -0.39 is 40.7 Å². The van der Waals surface area contributed by atoms with E-state index in [4.69, 9.17) is 23.2 Å². The van der Waals surface area contributed by atoms with Gasteiger partial charge in [-0.1, -0.05) is 50.0 Å². The first kappa shape index (κ1) is 29.2. The van der Waals surface area contributed by atoms with Gasteiger partial charge >= 0.3 is 0 Å². The van der Waals surface area contributed by atoms with Crippen LogP contribution >= 0.6 is 23.2 Å². The third-order valence-electron chi connectivity index (χ3n) is 8.70. The summed E-state index contributed by atoms with van der Waals surface area (Å²) in [5, 5.41) is 19.6. The summed E-state index contributed by atoms with van der Waals surface area (Å²) < 4.78 is 29.3. The van der Waals surface area contributed by atoms with Crippen molar-refractivity contribution in [3.63, 3.8) is 0 Å². The Morgan fingerprint density at radius 2 is 1.75 bits per heavy atom. The van der Waals surface area contributed by atoms with E-state index in [1.54, 1.807) is 6.92 Å². The standard InChI is InChI=1S/C30H35Cl2F2N3O3/c1-28(2,3)14-23-30(17-12-21(34)19(32)13-22(17)36-27(30)39)24(15-5-6-20(33)18(31)11-15)25(37-23)26(38)35-16-7-9-29(4,40)10-8-16/h5-6,11-13,16,23-25,37,40H,7-10,14H2,1-4H3,(H,35,38)(H,36,39)/t16-,23-,24+,25-,29-,30+/m1/s1. The minimum absolute atomic E-state index is 0.127. The van der Waals surface area contributed by atoms with Crippen molar-refractivity contribution in [1.82, 2.24) is 10.6 Å². The summed E-state index contributed by atoms with van der Waals surface area (Å²) in [4.78, 5) is 28.2. The molecule has 4 atom stereocenters. The highest BCUT2D eigenvalue weighted by Crippen LogP contribution is 2.57. The minimum Gasteiger partial charge on any atom is -0.390 e. The van der Waals surface area contributed by atoms with Gasteiger partial charge in [0.15, 0.2) is 0 Å². The van der Waals surface area contributed by atoms with Crippen LogP contribution in [0.3, 0.4) is 0 Å². The molecule has 6 nitrogen and oxygen atoms in total. The molecule has 4 N–H and O–H groups in total. The molecule has 1 saturated heterocycles. The predicted octanol–water partition coefficient (Wildman–Crippen LogP) is 5.83. The van der Waals surface area contributed by atoms with Gasteiger partial charge in [-0.3, -0.25) is 9.59 Å². The van der Waals surface area contributed by atoms with Gasteiger partial charge in [0.25, 0.3) is 0 Å². The van der Waals surface area contributed by atoms with Gasteiger partial charge in [-0.05, 0) is 79.8 Å². The topological polar surface area (TPSA) is 90.5 Å². The van der Waals surface area contributed by atoms with Crippen LogP contribution in [-0.2, 0) is 15.0 Å². The normalized spacial score (nSPS) is 31.8. The first-order valence-corrected chi connectivity index (χ1v) is 14.4. The first-order valence-electron chi connectivity index (χ1n) is 13.7. The van der Waals surface area contributed by atoms with Crippen molar-refractivity contribution in [2.75, 3.05) is 5.32 Å². The van der Waals surface area contributed by atoms with Crippen molar-refractivity contribution in [2.45, 2.75) is 94.9 Å². The van der Waals surface area contributed by atoms with Crippen molar-refractivity contribution in [2.24, 2.45) is 5.41 Å². The Labute approximate surface area is 243 Å². The highest BCUT2D eigenvalue weighted by molar-refractivity contribution is 6.31. The molecule has 10 heteroatoms. The van der Waals surface area contributed by atoms with E-state index in [1.807, 2.05) is 20.8 Å². The van der Waals surface area contributed by atoms with Crippen LogP contribution in [0.15, 0.2) is 30.3 Å². The maximum Gasteiger partial charge on any atom is 0.238 e. The summed E-state index contributed by atoms with van der Waals surface area (Å²) in [6, 6.07) is 5.22. The fraction of sp³-hybridized carbons (Fsp3) is 0.533. The van der Waals surface area contributed by atoms with Crippen LogP contribution in [0.1, 0.15) is 76.8 Å². The Morgan fingerprint density at radius 3 is 2.38 bits per heavy atom. The van der Waals surface area contributed by atoms with Gasteiger partial charge in [0.1, 0.15) is 17.0 Å². The van der Waals surface area contributed by atoms with E-state index in [2.05, 4.69) is 16.0 Å². The maximum absolute atomic E-state index is 15.0. The monoisotopic (exact) mass is 593 g/mol. The van der Waals surface area contributed by atoms with Crippen molar-refractivity contribution < 1.29 is 23.5 Å². The number of carbonyl (C=O) groups is 2. The van der Waals surface area contributed by atoms with Gasteiger partial charge in [-0.15, -0.1) is 0 Å². The number of anilines is 1. The average Bonchev–Trinajstić information content (AvgIpc) is 3.32. The molecule has 0 bridgehead atoms. The molecule has 2 aromatic carbocycles.